The molecule has 21 heavy (non-hydrogen) atoms. The van der Waals surface area contributed by atoms with Crippen molar-refractivity contribution >= 4 is 22.4 Å². The minimum absolute atomic E-state index is 0.0794. The number of fused-ring (bicyclic) bond motifs is 4. The third-order valence-electron chi connectivity index (χ3n) is 3.44. The molecule has 1 aromatic rings. The minimum Gasteiger partial charge on any atom is -0.479 e. The van der Waals surface area contributed by atoms with Crippen LogP contribution in [0.1, 0.15) is 23.3 Å². The number of amides is 2. The zero-order valence-corrected chi connectivity index (χ0v) is 11.4. The van der Waals surface area contributed by atoms with E-state index in [1.54, 1.807) is 0 Å². The third kappa shape index (κ3) is 1.95. The maximum Gasteiger partial charge on any atom is 0.418 e. The summed E-state index contributed by atoms with van der Waals surface area (Å²) < 4.78 is 36.0. The molecule has 114 valence electrons. The lowest BCUT2D eigenvalue weighted by Crippen LogP contribution is -2.39. The lowest BCUT2D eigenvalue weighted by molar-refractivity contribution is -0.142. The van der Waals surface area contributed by atoms with E-state index < -0.39 is 34.5 Å². The molecule has 2 bridgehead atoms. The van der Waals surface area contributed by atoms with Crippen LogP contribution in [0, 0.1) is 0 Å². The van der Waals surface area contributed by atoms with Crippen LogP contribution in [0.4, 0.5) is 4.79 Å². The molecule has 2 amide bonds. The Balaban J connectivity index is 2.12. The average Bonchev–Trinajstić information content (AvgIpc) is 2.84. The second-order valence-electron chi connectivity index (χ2n) is 4.63. The van der Waals surface area contributed by atoms with E-state index in [2.05, 4.69) is 9.38 Å². The molecule has 0 spiro atoms. The predicted octanol–water partition coefficient (Wildman–Crippen LogP) is -0.927. The molecule has 2 atom stereocenters. The summed E-state index contributed by atoms with van der Waals surface area (Å²) in [7, 11) is -3.40. The number of hydroxylamine groups is 2. The average molecular weight is 318 g/mol. The normalized spacial score (nSPS) is 24.4. The molecule has 1 saturated heterocycles. The van der Waals surface area contributed by atoms with E-state index in [0.717, 1.165) is 4.90 Å². The molecule has 11 nitrogen and oxygen atoms in total. The second-order valence-corrected chi connectivity index (χ2v) is 5.63. The largest absolute Gasteiger partial charge is 0.479 e. The van der Waals surface area contributed by atoms with Crippen LogP contribution in [-0.4, -0.2) is 56.4 Å². The van der Waals surface area contributed by atoms with E-state index in [1.807, 2.05) is 0 Å². The van der Waals surface area contributed by atoms with Crippen molar-refractivity contribution in [1.82, 2.24) is 19.7 Å². The molecule has 3 heterocycles. The molecule has 0 aliphatic carbocycles. The Morgan fingerprint density at radius 3 is 2.76 bits per heavy atom. The van der Waals surface area contributed by atoms with Gasteiger partial charge in [-0.3, -0.25) is 9.23 Å². The fourth-order valence-electron chi connectivity index (χ4n) is 2.68. The van der Waals surface area contributed by atoms with Crippen molar-refractivity contribution in [3.05, 3.63) is 17.5 Å². The third-order valence-corrected chi connectivity index (χ3v) is 3.79. The van der Waals surface area contributed by atoms with Gasteiger partial charge in [-0.05, 0) is 0 Å². The van der Waals surface area contributed by atoms with E-state index in [0.29, 0.717) is 10.6 Å². The minimum atomic E-state index is -4.91. The Morgan fingerprint density at radius 2 is 2.19 bits per heavy atom. The van der Waals surface area contributed by atoms with Crippen LogP contribution in [0.3, 0.4) is 0 Å². The van der Waals surface area contributed by atoms with Crippen LogP contribution >= 0.6 is 0 Å². The van der Waals surface area contributed by atoms with Crippen LogP contribution < -0.4 is 0 Å². The summed E-state index contributed by atoms with van der Waals surface area (Å²) in [5, 5.41) is 13.7. The van der Waals surface area contributed by atoms with Gasteiger partial charge in [0.1, 0.15) is 6.04 Å². The number of hydrogen-bond acceptors (Lipinski definition) is 6. The van der Waals surface area contributed by atoms with Crippen molar-refractivity contribution < 1.29 is 31.9 Å². The molecule has 1 fully saturated rings. The zero-order chi connectivity index (χ0) is 15.5. The summed E-state index contributed by atoms with van der Waals surface area (Å²) in [5.41, 5.74) is 0.615. The summed E-state index contributed by atoms with van der Waals surface area (Å²) in [5.74, 6) is -1.28. The Morgan fingerprint density at radius 1 is 1.52 bits per heavy atom. The number of aromatic nitrogens is 2. The lowest BCUT2D eigenvalue weighted by atomic mass is 9.98. The monoisotopic (exact) mass is 318 g/mol. The van der Waals surface area contributed by atoms with Crippen LogP contribution in [0.15, 0.2) is 6.20 Å². The zero-order valence-electron chi connectivity index (χ0n) is 10.6. The first-order valence-electron chi connectivity index (χ1n) is 5.72. The first-order valence-corrected chi connectivity index (χ1v) is 7.08. The summed E-state index contributed by atoms with van der Waals surface area (Å²) in [6.07, 6.45) is 1.34. The number of carbonyl (C=O) groups excluding carboxylic acids is 1. The molecule has 1 aromatic heterocycles. The maximum atomic E-state index is 12.1. The quantitative estimate of drug-likeness (QED) is 0.681. The van der Waals surface area contributed by atoms with Gasteiger partial charge in [0.15, 0.2) is 6.04 Å². The van der Waals surface area contributed by atoms with Gasteiger partial charge in [0, 0.05) is 12.6 Å². The van der Waals surface area contributed by atoms with E-state index in [1.165, 1.54) is 17.9 Å². The first kappa shape index (κ1) is 13.8. The predicted molar refractivity (Wildman–Crippen MR) is 62.9 cm³/mol. The van der Waals surface area contributed by atoms with Crippen LogP contribution in [0.5, 0.6) is 0 Å². The van der Waals surface area contributed by atoms with Crippen molar-refractivity contribution in [3.63, 3.8) is 0 Å². The Labute approximate surface area is 118 Å². The summed E-state index contributed by atoms with van der Waals surface area (Å²) in [6, 6.07) is -3.12. The number of aliphatic carboxylic acids is 1. The number of carboxylic acids is 1. The number of carbonyl (C=O) groups is 2. The van der Waals surface area contributed by atoms with Gasteiger partial charge in [-0.2, -0.15) is 18.6 Å². The molecule has 0 aromatic carbocycles. The van der Waals surface area contributed by atoms with Gasteiger partial charge in [0.25, 0.3) is 0 Å². The van der Waals surface area contributed by atoms with E-state index in [4.69, 9.17) is 4.55 Å². The Bertz CT molecular complexity index is 741. The molecule has 2 N–H and O–H groups in total. The highest BCUT2D eigenvalue weighted by Crippen LogP contribution is 2.43. The molecule has 2 aliphatic rings. The van der Waals surface area contributed by atoms with Crippen molar-refractivity contribution in [2.24, 2.45) is 7.05 Å². The molecule has 2 aliphatic heterocycles. The van der Waals surface area contributed by atoms with Crippen molar-refractivity contribution in [2.45, 2.75) is 12.1 Å². The first-order chi connectivity index (χ1) is 9.70. The Hall–Kier alpha value is -2.18. The molecular formula is C9H10N4O7S. The van der Waals surface area contributed by atoms with Gasteiger partial charge in [0.05, 0.1) is 18.4 Å². The summed E-state index contributed by atoms with van der Waals surface area (Å²) in [4.78, 5) is 24.5. The summed E-state index contributed by atoms with van der Waals surface area (Å²) in [6.45, 7) is -0.0794. The number of hydrogen-bond donors (Lipinski definition) is 2. The van der Waals surface area contributed by atoms with Crippen LogP contribution in [0.25, 0.3) is 0 Å². The van der Waals surface area contributed by atoms with Crippen LogP contribution in [-0.2, 0) is 26.5 Å². The van der Waals surface area contributed by atoms with Gasteiger partial charge in [-0.1, -0.05) is 0 Å². The smallest absolute Gasteiger partial charge is 0.418 e. The number of nitrogens with zero attached hydrogens (tertiary/aromatic N) is 4. The second kappa shape index (κ2) is 4.16. The lowest BCUT2D eigenvalue weighted by Gasteiger charge is -2.27. The number of urea groups is 1. The Kier molecular flexibility index (Phi) is 2.73. The molecule has 12 heteroatoms. The van der Waals surface area contributed by atoms with Crippen molar-refractivity contribution in [2.75, 3.05) is 6.54 Å². The van der Waals surface area contributed by atoms with Gasteiger partial charge in [-0.15, -0.1) is 4.28 Å². The van der Waals surface area contributed by atoms with Crippen molar-refractivity contribution in [1.29, 1.82) is 0 Å². The number of aryl methyl sites for hydroxylation is 1. The fourth-order valence-corrected chi connectivity index (χ4v) is 3.05. The molecule has 2 unspecified atom stereocenters. The topological polar surface area (TPSA) is 142 Å². The van der Waals surface area contributed by atoms with E-state index in [9.17, 15) is 23.1 Å². The fraction of sp³-hybridized carbons (Fsp3) is 0.444. The van der Waals surface area contributed by atoms with Gasteiger partial charge < -0.3 is 10.0 Å². The SMILES string of the molecule is Cn1ncc2c1C(C(=O)O)N1CC2N(OS(=O)(=O)O)C1=O. The maximum absolute atomic E-state index is 12.1. The highest BCUT2D eigenvalue weighted by molar-refractivity contribution is 7.80. The molecule has 0 saturated carbocycles. The van der Waals surface area contributed by atoms with Gasteiger partial charge in [-0.25, -0.2) is 9.59 Å². The molecule has 0 radical (unpaired) electrons. The highest BCUT2D eigenvalue weighted by Gasteiger charge is 2.53. The van der Waals surface area contributed by atoms with Crippen molar-refractivity contribution in [3.8, 4) is 0 Å². The number of rotatable bonds is 3. The van der Waals surface area contributed by atoms with E-state index in [-0.39, 0.29) is 12.2 Å². The van der Waals surface area contributed by atoms with Gasteiger partial charge >= 0.3 is 22.4 Å². The number of carboxylic acid groups (broad SMARTS) is 1. The van der Waals surface area contributed by atoms with Crippen LogP contribution in [0.2, 0.25) is 0 Å². The molecular weight excluding hydrogens is 308 g/mol. The molecule has 3 rings (SSSR count). The highest BCUT2D eigenvalue weighted by atomic mass is 32.3. The summed E-state index contributed by atoms with van der Waals surface area (Å²) >= 11 is 0. The van der Waals surface area contributed by atoms with E-state index >= 15 is 0 Å². The van der Waals surface area contributed by atoms with Gasteiger partial charge in [0.2, 0.25) is 0 Å². The standard InChI is InChI=1S/C9H10N4O7S/c1-11-6-4(2-10-11)5-3-12(7(6)8(14)15)9(16)13(5)20-21(17,18)19/h2,5,7H,3H2,1H3,(H,14,15)(H,17,18,19).